The molecule has 2 rings (SSSR count). The number of aliphatic carboxylic acids is 1. The third kappa shape index (κ3) is 3.60. The molecule has 0 saturated heterocycles. The molecule has 112 valence electrons. The van der Waals surface area contributed by atoms with Gasteiger partial charge >= 0.3 is 12.0 Å². The van der Waals surface area contributed by atoms with Crippen molar-refractivity contribution < 1.29 is 19.4 Å². The van der Waals surface area contributed by atoms with Crippen molar-refractivity contribution in [1.82, 2.24) is 9.88 Å². The lowest BCUT2D eigenvalue weighted by molar-refractivity contribution is -0.137. The van der Waals surface area contributed by atoms with Crippen LogP contribution in [0.15, 0.2) is 18.2 Å². The SMILES string of the molecule is CCN(CC(=O)O)C(=O)Nc1nc2ccc(OC)cc2s1. The van der Waals surface area contributed by atoms with Crippen LogP contribution in [0.4, 0.5) is 9.93 Å². The maximum atomic E-state index is 12.0. The molecule has 1 aromatic heterocycles. The fraction of sp³-hybridized carbons (Fsp3) is 0.308. The Bertz CT molecular complexity index is 670. The highest BCUT2D eigenvalue weighted by molar-refractivity contribution is 7.22. The number of carboxylic acids is 1. The summed E-state index contributed by atoms with van der Waals surface area (Å²) in [5.41, 5.74) is 0.748. The van der Waals surface area contributed by atoms with Gasteiger partial charge in [-0.3, -0.25) is 10.1 Å². The van der Waals surface area contributed by atoms with Crippen molar-refractivity contribution in [1.29, 1.82) is 0 Å². The van der Waals surface area contributed by atoms with Crippen molar-refractivity contribution in [3.8, 4) is 5.75 Å². The average molecular weight is 309 g/mol. The second kappa shape index (κ2) is 6.40. The molecule has 0 atom stereocenters. The molecular weight excluding hydrogens is 294 g/mol. The Kier molecular flexibility index (Phi) is 4.59. The summed E-state index contributed by atoms with van der Waals surface area (Å²) in [6, 6.07) is 4.94. The van der Waals surface area contributed by atoms with E-state index in [-0.39, 0.29) is 6.54 Å². The van der Waals surface area contributed by atoms with Gasteiger partial charge in [0.2, 0.25) is 0 Å². The van der Waals surface area contributed by atoms with E-state index in [2.05, 4.69) is 10.3 Å². The molecule has 0 fully saturated rings. The number of anilines is 1. The number of hydrogen-bond acceptors (Lipinski definition) is 5. The van der Waals surface area contributed by atoms with E-state index in [1.165, 1.54) is 16.2 Å². The molecule has 1 aromatic carbocycles. The van der Waals surface area contributed by atoms with Crippen molar-refractivity contribution >= 4 is 38.7 Å². The lowest BCUT2D eigenvalue weighted by Crippen LogP contribution is -2.38. The van der Waals surface area contributed by atoms with Gasteiger partial charge in [-0.05, 0) is 25.1 Å². The van der Waals surface area contributed by atoms with Crippen molar-refractivity contribution in [2.75, 3.05) is 25.5 Å². The summed E-state index contributed by atoms with van der Waals surface area (Å²) in [5, 5.41) is 11.8. The van der Waals surface area contributed by atoms with E-state index < -0.39 is 12.0 Å². The Labute approximate surface area is 125 Å². The summed E-state index contributed by atoms with van der Waals surface area (Å²) in [6.07, 6.45) is 0. The van der Waals surface area contributed by atoms with Crippen molar-refractivity contribution in [2.45, 2.75) is 6.92 Å². The molecule has 0 aliphatic carbocycles. The zero-order valence-electron chi connectivity index (χ0n) is 11.6. The minimum atomic E-state index is -1.05. The highest BCUT2D eigenvalue weighted by atomic mass is 32.1. The number of hydrogen-bond donors (Lipinski definition) is 2. The normalized spacial score (nSPS) is 10.4. The van der Waals surface area contributed by atoms with Crippen molar-refractivity contribution in [3.05, 3.63) is 18.2 Å². The molecule has 0 spiro atoms. The van der Waals surface area contributed by atoms with Crippen molar-refractivity contribution in [3.63, 3.8) is 0 Å². The summed E-state index contributed by atoms with van der Waals surface area (Å²) >= 11 is 1.30. The quantitative estimate of drug-likeness (QED) is 0.883. The standard InChI is InChI=1S/C13H15N3O4S/c1-3-16(7-11(17)18)13(19)15-12-14-9-5-4-8(20-2)6-10(9)21-12/h4-6H,3,7H2,1-2H3,(H,17,18)(H,14,15,19). The van der Waals surface area contributed by atoms with Gasteiger partial charge in [-0.2, -0.15) is 0 Å². The molecule has 2 amide bonds. The first-order valence-electron chi connectivity index (χ1n) is 6.25. The molecule has 8 heteroatoms. The van der Waals surface area contributed by atoms with Crippen LogP contribution in [0.25, 0.3) is 10.2 Å². The molecular formula is C13H15N3O4S. The fourth-order valence-electron chi connectivity index (χ4n) is 1.75. The predicted molar refractivity (Wildman–Crippen MR) is 80.1 cm³/mol. The zero-order valence-corrected chi connectivity index (χ0v) is 12.4. The van der Waals surface area contributed by atoms with E-state index in [9.17, 15) is 9.59 Å². The van der Waals surface area contributed by atoms with E-state index in [1.807, 2.05) is 6.07 Å². The van der Waals surface area contributed by atoms with E-state index in [0.717, 1.165) is 10.2 Å². The monoisotopic (exact) mass is 309 g/mol. The first-order valence-corrected chi connectivity index (χ1v) is 7.07. The molecule has 0 saturated carbocycles. The molecule has 1 heterocycles. The predicted octanol–water partition coefficient (Wildman–Crippen LogP) is 2.24. The lowest BCUT2D eigenvalue weighted by atomic mass is 10.3. The van der Waals surface area contributed by atoms with Crippen LogP contribution < -0.4 is 10.1 Å². The third-order valence-electron chi connectivity index (χ3n) is 2.80. The number of fused-ring (bicyclic) bond motifs is 1. The number of carbonyl (C=O) groups is 2. The molecule has 7 nitrogen and oxygen atoms in total. The van der Waals surface area contributed by atoms with Crippen LogP contribution in [0.2, 0.25) is 0 Å². The number of ether oxygens (including phenoxy) is 1. The summed E-state index contributed by atoms with van der Waals surface area (Å²) in [7, 11) is 1.58. The molecule has 21 heavy (non-hydrogen) atoms. The highest BCUT2D eigenvalue weighted by Crippen LogP contribution is 2.29. The van der Waals surface area contributed by atoms with Gasteiger partial charge in [0.1, 0.15) is 12.3 Å². The maximum absolute atomic E-state index is 12.0. The van der Waals surface area contributed by atoms with Crippen LogP contribution in [0.5, 0.6) is 5.75 Å². The van der Waals surface area contributed by atoms with Crippen LogP contribution in [0, 0.1) is 0 Å². The molecule has 0 bridgehead atoms. The van der Waals surface area contributed by atoms with Gasteiger partial charge in [-0.1, -0.05) is 11.3 Å². The fourth-order valence-corrected chi connectivity index (χ4v) is 2.63. The topological polar surface area (TPSA) is 91.8 Å². The molecule has 2 aromatic rings. The number of nitrogens with one attached hydrogen (secondary N) is 1. The van der Waals surface area contributed by atoms with E-state index in [1.54, 1.807) is 26.2 Å². The van der Waals surface area contributed by atoms with Crippen LogP contribution in [0.3, 0.4) is 0 Å². The first-order chi connectivity index (χ1) is 10.0. The Hall–Kier alpha value is -2.35. The number of carbonyl (C=O) groups excluding carboxylic acids is 1. The Morgan fingerprint density at radius 2 is 2.24 bits per heavy atom. The molecule has 0 unspecified atom stereocenters. The Morgan fingerprint density at radius 1 is 1.48 bits per heavy atom. The first kappa shape index (κ1) is 15.0. The number of carboxylic acid groups (broad SMARTS) is 1. The number of benzene rings is 1. The number of likely N-dealkylation sites (N-methyl/N-ethyl adjacent to an activating group) is 1. The number of amides is 2. The van der Waals surface area contributed by atoms with Crippen molar-refractivity contribution in [2.24, 2.45) is 0 Å². The number of nitrogens with zero attached hydrogens (tertiary/aromatic N) is 2. The number of urea groups is 1. The number of thiazole rings is 1. The van der Waals surface area contributed by atoms with Gasteiger partial charge in [0, 0.05) is 6.54 Å². The third-order valence-corrected chi connectivity index (χ3v) is 3.74. The minimum absolute atomic E-state index is 0.302. The highest BCUT2D eigenvalue weighted by Gasteiger charge is 2.16. The second-order valence-corrected chi connectivity index (χ2v) is 5.22. The number of methoxy groups -OCH3 is 1. The number of aromatic nitrogens is 1. The summed E-state index contributed by atoms with van der Waals surface area (Å²) in [4.78, 5) is 28.1. The maximum Gasteiger partial charge on any atom is 0.324 e. The van der Waals surface area contributed by atoms with Crippen LogP contribution in [-0.2, 0) is 4.79 Å². The van der Waals surface area contributed by atoms with E-state index in [4.69, 9.17) is 9.84 Å². The molecule has 0 radical (unpaired) electrons. The van der Waals surface area contributed by atoms with Crippen LogP contribution in [0.1, 0.15) is 6.92 Å². The van der Waals surface area contributed by atoms with E-state index >= 15 is 0 Å². The molecule has 0 aliphatic heterocycles. The van der Waals surface area contributed by atoms with Crippen LogP contribution >= 0.6 is 11.3 Å². The zero-order chi connectivity index (χ0) is 15.4. The summed E-state index contributed by atoms with van der Waals surface area (Å²) < 4.78 is 6.01. The molecule has 2 N–H and O–H groups in total. The average Bonchev–Trinajstić information content (AvgIpc) is 2.85. The number of rotatable bonds is 5. The van der Waals surface area contributed by atoms with Gasteiger partial charge in [0.15, 0.2) is 5.13 Å². The lowest BCUT2D eigenvalue weighted by Gasteiger charge is -2.17. The van der Waals surface area contributed by atoms with Gasteiger partial charge in [-0.15, -0.1) is 0 Å². The Balaban J connectivity index is 2.15. The molecule has 0 aliphatic rings. The van der Waals surface area contributed by atoms with Gasteiger partial charge in [0.25, 0.3) is 0 Å². The van der Waals surface area contributed by atoms with Gasteiger partial charge < -0.3 is 14.7 Å². The van der Waals surface area contributed by atoms with Gasteiger partial charge in [0.05, 0.1) is 17.3 Å². The van der Waals surface area contributed by atoms with Gasteiger partial charge in [-0.25, -0.2) is 9.78 Å². The Morgan fingerprint density at radius 3 is 2.86 bits per heavy atom. The smallest absolute Gasteiger partial charge is 0.324 e. The summed E-state index contributed by atoms with van der Waals surface area (Å²) in [6.45, 7) is 1.67. The van der Waals surface area contributed by atoms with E-state index in [0.29, 0.717) is 17.4 Å². The largest absolute Gasteiger partial charge is 0.497 e. The van der Waals surface area contributed by atoms with Crippen LogP contribution in [-0.4, -0.2) is 47.2 Å². The minimum Gasteiger partial charge on any atom is -0.497 e. The second-order valence-electron chi connectivity index (χ2n) is 4.19. The summed E-state index contributed by atoms with van der Waals surface area (Å²) in [5.74, 6) is -0.342.